The molecule has 0 radical (unpaired) electrons. The Kier molecular flexibility index (Phi) is 4.14. The van der Waals surface area contributed by atoms with Gasteiger partial charge in [0, 0.05) is 16.3 Å². The summed E-state index contributed by atoms with van der Waals surface area (Å²) in [5.74, 6) is 0. The number of rotatable bonds is 3. The maximum Gasteiger partial charge on any atom is 0.299 e. The molecule has 106 valence electrons. The van der Waals surface area contributed by atoms with Gasteiger partial charge < -0.3 is 4.74 Å². The van der Waals surface area contributed by atoms with Gasteiger partial charge in [-0.25, -0.2) is 0 Å². The van der Waals surface area contributed by atoms with Crippen molar-refractivity contribution in [2.75, 3.05) is 7.11 Å². The van der Waals surface area contributed by atoms with E-state index in [1.807, 2.05) is 36.6 Å². The lowest BCUT2D eigenvalue weighted by molar-refractivity contribution is 0.349. The van der Waals surface area contributed by atoms with Gasteiger partial charge in [0.1, 0.15) is 0 Å². The molecule has 0 aliphatic rings. The molecule has 0 spiro atoms. The van der Waals surface area contributed by atoms with Crippen LogP contribution in [0.1, 0.15) is 22.4 Å². The molecule has 20 heavy (non-hydrogen) atoms. The summed E-state index contributed by atoms with van der Waals surface area (Å²) in [6.07, 6.45) is 0. The van der Waals surface area contributed by atoms with Crippen LogP contribution in [0.5, 0.6) is 6.01 Å². The summed E-state index contributed by atoms with van der Waals surface area (Å²) < 4.78 is 7.11. The van der Waals surface area contributed by atoms with Crippen molar-refractivity contribution in [3.63, 3.8) is 0 Å². The van der Waals surface area contributed by atoms with E-state index in [0.717, 1.165) is 21.8 Å². The largest absolute Gasteiger partial charge is 0.468 e. The zero-order valence-corrected chi connectivity index (χ0v) is 12.8. The molecule has 0 aliphatic carbocycles. The normalized spacial score (nSPS) is 10.7. The summed E-state index contributed by atoms with van der Waals surface area (Å²) in [5.41, 5.74) is 3.32. The highest BCUT2D eigenvalue weighted by atomic mass is 35.5. The molecule has 0 saturated carbocycles. The number of ether oxygens (including phenoxy) is 1. The van der Waals surface area contributed by atoms with Crippen LogP contribution in [0.3, 0.4) is 0 Å². The first-order valence-electron chi connectivity index (χ1n) is 6.31. The highest BCUT2D eigenvalue weighted by Gasteiger charge is 2.13. The lowest BCUT2D eigenvalue weighted by Gasteiger charge is -2.17. The van der Waals surface area contributed by atoms with Gasteiger partial charge >= 0.3 is 0 Å². The molecule has 1 aromatic heterocycles. The minimum atomic E-state index is -0.251. The van der Waals surface area contributed by atoms with Crippen LogP contribution in [-0.4, -0.2) is 16.7 Å². The van der Waals surface area contributed by atoms with Crippen molar-refractivity contribution in [1.82, 2.24) is 9.55 Å². The van der Waals surface area contributed by atoms with Gasteiger partial charge in [-0.15, -0.1) is 0 Å². The van der Waals surface area contributed by atoms with Gasteiger partial charge in [-0.2, -0.15) is 4.98 Å². The van der Waals surface area contributed by atoms with Crippen molar-refractivity contribution < 1.29 is 4.74 Å². The van der Waals surface area contributed by atoms with Crippen LogP contribution < -0.4 is 10.3 Å². The highest BCUT2D eigenvalue weighted by molar-refractivity contribution is 6.31. The molecule has 2 rings (SSSR count). The summed E-state index contributed by atoms with van der Waals surface area (Å²) in [6, 6.07) is 6.10. The molecule has 1 aromatic carbocycles. The van der Waals surface area contributed by atoms with E-state index < -0.39 is 0 Å². The van der Waals surface area contributed by atoms with E-state index in [4.69, 9.17) is 16.3 Å². The quantitative estimate of drug-likeness (QED) is 0.874. The number of aromatic nitrogens is 2. The first kappa shape index (κ1) is 14.6. The number of halogens is 1. The molecule has 0 amide bonds. The third-order valence-electron chi connectivity index (χ3n) is 3.59. The van der Waals surface area contributed by atoms with Gasteiger partial charge in [-0.3, -0.25) is 9.36 Å². The van der Waals surface area contributed by atoms with Crippen LogP contribution in [0.4, 0.5) is 0 Å². The van der Waals surface area contributed by atoms with Crippen molar-refractivity contribution in [2.24, 2.45) is 0 Å². The number of hydrogen-bond acceptors (Lipinski definition) is 3. The molecular weight excluding hydrogens is 276 g/mol. The van der Waals surface area contributed by atoms with Gasteiger partial charge in [0.2, 0.25) is 0 Å². The Labute approximate surface area is 123 Å². The van der Waals surface area contributed by atoms with Crippen molar-refractivity contribution >= 4 is 11.6 Å². The average molecular weight is 293 g/mol. The van der Waals surface area contributed by atoms with Gasteiger partial charge in [-0.05, 0) is 38.0 Å². The van der Waals surface area contributed by atoms with Gasteiger partial charge in [0.25, 0.3) is 11.6 Å². The fourth-order valence-corrected chi connectivity index (χ4v) is 2.26. The molecule has 0 aliphatic heterocycles. The second-order valence-electron chi connectivity index (χ2n) is 4.72. The highest BCUT2D eigenvalue weighted by Crippen LogP contribution is 2.22. The predicted molar refractivity (Wildman–Crippen MR) is 79.8 cm³/mol. The fraction of sp³-hybridized carbons (Fsp3) is 0.333. The minimum Gasteiger partial charge on any atom is -0.468 e. The zero-order chi connectivity index (χ0) is 14.9. The summed E-state index contributed by atoms with van der Waals surface area (Å²) in [6.45, 7) is 6.20. The number of benzene rings is 1. The molecule has 0 N–H and O–H groups in total. The number of hydrogen-bond donors (Lipinski definition) is 0. The Bertz CT molecular complexity index is 708. The molecule has 4 nitrogen and oxygen atoms in total. The summed E-state index contributed by atoms with van der Waals surface area (Å²) in [4.78, 5) is 15.7. The molecule has 0 bridgehead atoms. The van der Waals surface area contributed by atoms with E-state index in [1.165, 1.54) is 7.11 Å². The van der Waals surface area contributed by atoms with Crippen molar-refractivity contribution in [3.05, 3.63) is 56.0 Å². The van der Waals surface area contributed by atoms with Crippen molar-refractivity contribution in [3.8, 4) is 6.01 Å². The summed E-state index contributed by atoms with van der Waals surface area (Å²) in [5, 5.41) is 0.727. The van der Waals surface area contributed by atoms with Crippen molar-refractivity contribution in [1.29, 1.82) is 0 Å². The first-order chi connectivity index (χ1) is 9.45. The maximum absolute atomic E-state index is 11.7. The maximum atomic E-state index is 11.7. The van der Waals surface area contributed by atoms with Crippen LogP contribution in [0, 0.1) is 20.8 Å². The molecular formula is C15H17ClN2O2. The van der Waals surface area contributed by atoms with Crippen LogP contribution in [0.15, 0.2) is 23.0 Å². The third kappa shape index (κ3) is 2.56. The van der Waals surface area contributed by atoms with E-state index in [0.29, 0.717) is 18.1 Å². The van der Waals surface area contributed by atoms with Crippen LogP contribution in [0.25, 0.3) is 0 Å². The van der Waals surface area contributed by atoms with Gasteiger partial charge in [0.05, 0.1) is 13.7 Å². The Balaban J connectivity index is 2.56. The van der Waals surface area contributed by atoms with Crippen LogP contribution in [-0.2, 0) is 6.54 Å². The molecule has 0 unspecified atom stereocenters. The minimum absolute atomic E-state index is 0.251. The SMILES string of the molecule is COc1nc(=O)c(C)c(C)n1Cc1cccc(Cl)c1C. The third-order valence-corrected chi connectivity index (χ3v) is 4.00. The Morgan fingerprint density at radius 2 is 1.95 bits per heavy atom. The standard InChI is InChI=1S/C15H17ClN2O2/c1-9-11(3)18(15(20-4)17-14(9)19)8-12-6-5-7-13(16)10(12)2/h5-7H,8H2,1-4H3. The topological polar surface area (TPSA) is 44.1 Å². The second-order valence-corrected chi connectivity index (χ2v) is 5.13. The predicted octanol–water partition coefficient (Wildman–Crippen LogP) is 2.88. The van der Waals surface area contributed by atoms with Crippen LogP contribution >= 0.6 is 11.6 Å². The molecule has 0 atom stereocenters. The Morgan fingerprint density at radius 1 is 1.25 bits per heavy atom. The lowest BCUT2D eigenvalue weighted by atomic mass is 10.1. The average Bonchev–Trinajstić information content (AvgIpc) is 2.43. The molecule has 1 heterocycles. The molecule has 5 heteroatoms. The van der Waals surface area contributed by atoms with E-state index in [-0.39, 0.29) is 5.56 Å². The molecule has 2 aromatic rings. The smallest absolute Gasteiger partial charge is 0.299 e. The van der Waals surface area contributed by atoms with Gasteiger partial charge in [-0.1, -0.05) is 23.7 Å². The Morgan fingerprint density at radius 3 is 2.60 bits per heavy atom. The molecule has 0 fully saturated rings. The fourth-order valence-electron chi connectivity index (χ4n) is 2.07. The second kappa shape index (κ2) is 5.67. The van der Waals surface area contributed by atoms with Crippen LogP contribution in [0.2, 0.25) is 5.02 Å². The van der Waals surface area contributed by atoms with E-state index in [9.17, 15) is 4.79 Å². The zero-order valence-electron chi connectivity index (χ0n) is 12.0. The van der Waals surface area contributed by atoms with E-state index in [2.05, 4.69) is 4.98 Å². The first-order valence-corrected chi connectivity index (χ1v) is 6.69. The summed E-state index contributed by atoms with van der Waals surface area (Å²) >= 11 is 6.14. The van der Waals surface area contributed by atoms with Crippen molar-refractivity contribution in [2.45, 2.75) is 27.3 Å². The number of nitrogens with zero attached hydrogens (tertiary/aromatic N) is 2. The number of methoxy groups -OCH3 is 1. The summed E-state index contributed by atoms with van der Waals surface area (Å²) in [7, 11) is 1.51. The monoisotopic (exact) mass is 292 g/mol. The van der Waals surface area contributed by atoms with Gasteiger partial charge in [0.15, 0.2) is 0 Å². The lowest BCUT2D eigenvalue weighted by Crippen LogP contribution is -2.21. The van der Waals surface area contributed by atoms with E-state index >= 15 is 0 Å². The van der Waals surface area contributed by atoms with E-state index in [1.54, 1.807) is 6.92 Å². The Hall–Kier alpha value is -1.81. The molecule has 0 saturated heterocycles.